The fraction of sp³-hybridized carbons (Fsp3) is 0.923. The number of rotatable bonds is 2. The highest BCUT2D eigenvalue weighted by molar-refractivity contribution is 5.82. The molecule has 2 heterocycles. The molecule has 1 unspecified atom stereocenters. The van der Waals surface area contributed by atoms with Gasteiger partial charge < -0.3 is 10.2 Å². The van der Waals surface area contributed by atoms with Crippen molar-refractivity contribution in [2.45, 2.75) is 25.9 Å². The Balaban J connectivity index is 1.85. The highest BCUT2D eigenvalue weighted by Crippen LogP contribution is 2.28. The lowest BCUT2D eigenvalue weighted by Crippen LogP contribution is -2.56. The van der Waals surface area contributed by atoms with Gasteiger partial charge in [0.2, 0.25) is 5.91 Å². The molecule has 2 fully saturated rings. The third-order valence-electron chi connectivity index (χ3n) is 4.18. The summed E-state index contributed by atoms with van der Waals surface area (Å²) in [6.07, 6.45) is -2.34. The first kappa shape index (κ1) is 15.6. The van der Waals surface area contributed by atoms with Gasteiger partial charge in [-0.1, -0.05) is 0 Å². The summed E-state index contributed by atoms with van der Waals surface area (Å²) in [5.41, 5.74) is -0.398. The van der Waals surface area contributed by atoms with Crippen molar-refractivity contribution in [3.05, 3.63) is 0 Å². The van der Waals surface area contributed by atoms with Crippen LogP contribution in [0, 0.1) is 5.41 Å². The van der Waals surface area contributed by atoms with Gasteiger partial charge in [-0.05, 0) is 26.3 Å². The Kier molecular flexibility index (Phi) is 4.59. The lowest BCUT2D eigenvalue weighted by molar-refractivity contribution is -0.155. The van der Waals surface area contributed by atoms with Crippen molar-refractivity contribution in [1.82, 2.24) is 15.1 Å². The molecule has 1 atom stereocenters. The zero-order valence-corrected chi connectivity index (χ0v) is 11.8. The van der Waals surface area contributed by atoms with Gasteiger partial charge in [-0.2, -0.15) is 13.2 Å². The summed E-state index contributed by atoms with van der Waals surface area (Å²) >= 11 is 0. The molecule has 0 aromatic carbocycles. The zero-order chi connectivity index (χ0) is 14.8. The smallest absolute Gasteiger partial charge is 0.340 e. The number of nitrogens with one attached hydrogen (secondary N) is 1. The molecule has 2 saturated heterocycles. The van der Waals surface area contributed by atoms with E-state index in [1.165, 1.54) is 4.90 Å². The Morgan fingerprint density at radius 2 is 1.90 bits per heavy atom. The van der Waals surface area contributed by atoms with Gasteiger partial charge in [0.05, 0.1) is 12.0 Å². The molecule has 4 nitrogen and oxygen atoms in total. The highest BCUT2D eigenvalue weighted by Gasteiger charge is 2.39. The lowest BCUT2D eigenvalue weighted by atomic mass is 9.81. The maximum Gasteiger partial charge on any atom is 0.401 e. The molecule has 116 valence electrons. The van der Waals surface area contributed by atoms with Crippen LogP contribution in [0.3, 0.4) is 0 Å². The first-order chi connectivity index (χ1) is 9.30. The molecule has 0 bridgehead atoms. The summed E-state index contributed by atoms with van der Waals surface area (Å²) in [6.45, 7) is 4.05. The molecule has 1 amide bonds. The van der Waals surface area contributed by atoms with Crippen LogP contribution in [0.2, 0.25) is 0 Å². The van der Waals surface area contributed by atoms with Crippen molar-refractivity contribution >= 4 is 5.91 Å². The maximum absolute atomic E-state index is 12.5. The fourth-order valence-corrected chi connectivity index (χ4v) is 2.98. The molecule has 0 aromatic rings. The molecule has 0 aliphatic carbocycles. The number of hydrogen-bond acceptors (Lipinski definition) is 3. The van der Waals surface area contributed by atoms with Gasteiger partial charge in [0.25, 0.3) is 0 Å². The number of alkyl halides is 3. The third kappa shape index (κ3) is 3.85. The van der Waals surface area contributed by atoms with E-state index in [4.69, 9.17) is 0 Å². The second-order valence-electron chi connectivity index (χ2n) is 6.02. The lowest BCUT2D eigenvalue weighted by Gasteiger charge is -2.41. The minimum atomic E-state index is -4.16. The number of nitrogens with zero attached hydrogens (tertiary/aromatic N) is 2. The van der Waals surface area contributed by atoms with Crippen LogP contribution in [-0.4, -0.2) is 67.7 Å². The summed E-state index contributed by atoms with van der Waals surface area (Å²) in [5.74, 6) is 0.0800. The van der Waals surface area contributed by atoms with Crippen LogP contribution >= 0.6 is 0 Å². The number of carbonyl (C=O) groups excluding carboxylic acids is 1. The molecular weight excluding hydrogens is 271 g/mol. The number of piperazine rings is 1. The van der Waals surface area contributed by atoms with Crippen molar-refractivity contribution in [2.75, 3.05) is 45.8 Å². The van der Waals surface area contributed by atoms with Gasteiger partial charge in [0.15, 0.2) is 0 Å². The summed E-state index contributed by atoms with van der Waals surface area (Å²) < 4.78 is 37.0. The van der Waals surface area contributed by atoms with E-state index < -0.39 is 18.1 Å². The summed E-state index contributed by atoms with van der Waals surface area (Å²) in [4.78, 5) is 15.6. The van der Waals surface area contributed by atoms with Crippen LogP contribution < -0.4 is 5.32 Å². The van der Waals surface area contributed by atoms with E-state index in [2.05, 4.69) is 5.32 Å². The van der Waals surface area contributed by atoms with Gasteiger partial charge in [0, 0.05) is 32.7 Å². The minimum Gasteiger partial charge on any atom is -0.340 e. The third-order valence-corrected chi connectivity index (χ3v) is 4.18. The molecule has 0 aromatic heterocycles. The first-order valence-electron chi connectivity index (χ1n) is 7.09. The normalized spacial score (nSPS) is 29.5. The number of hydrogen-bond donors (Lipinski definition) is 1. The second kappa shape index (κ2) is 5.89. The second-order valence-corrected chi connectivity index (χ2v) is 6.02. The van der Waals surface area contributed by atoms with Gasteiger partial charge in [-0.15, -0.1) is 0 Å². The monoisotopic (exact) mass is 293 g/mol. The maximum atomic E-state index is 12.5. The molecular formula is C13H22F3N3O. The molecule has 2 aliphatic rings. The van der Waals surface area contributed by atoms with Crippen LogP contribution in [-0.2, 0) is 4.79 Å². The van der Waals surface area contributed by atoms with Crippen molar-refractivity contribution < 1.29 is 18.0 Å². The highest BCUT2D eigenvalue weighted by atomic mass is 19.4. The molecule has 2 rings (SSSR count). The SMILES string of the molecule is CC1(C(=O)N2CCN(CC(F)(F)F)CC2)CCCNC1. The van der Waals surface area contributed by atoms with Crippen molar-refractivity contribution in [3.63, 3.8) is 0 Å². The quantitative estimate of drug-likeness (QED) is 0.827. The molecule has 2 aliphatic heterocycles. The number of carbonyl (C=O) groups is 1. The molecule has 0 saturated carbocycles. The number of piperidine rings is 1. The Bertz CT molecular complexity index is 345. The van der Waals surface area contributed by atoms with Crippen LogP contribution in [0.4, 0.5) is 13.2 Å². The Hall–Kier alpha value is -0.820. The van der Waals surface area contributed by atoms with Crippen LogP contribution in [0.1, 0.15) is 19.8 Å². The molecule has 1 N–H and O–H groups in total. The molecule has 20 heavy (non-hydrogen) atoms. The standard InChI is InChI=1S/C13H22F3N3O/c1-12(3-2-4-17-9-12)11(20)19-7-5-18(6-8-19)10-13(14,15)16/h17H,2-10H2,1H3. The van der Waals surface area contributed by atoms with Gasteiger partial charge >= 0.3 is 6.18 Å². The molecule has 0 radical (unpaired) electrons. The summed E-state index contributed by atoms with van der Waals surface area (Å²) in [6, 6.07) is 0. The fourth-order valence-electron chi connectivity index (χ4n) is 2.98. The van der Waals surface area contributed by atoms with E-state index in [1.807, 2.05) is 6.92 Å². The van der Waals surface area contributed by atoms with Gasteiger partial charge in [-0.25, -0.2) is 0 Å². The van der Waals surface area contributed by atoms with E-state index in [9.17, 15) is 18.0 Å². The Labute approximate surface area is 117 Å². The van der Waals surface area contributed by atoms with Crippen molar-refractivity contribution in [1.29, 1.82) is 0 Å². The zero-order valence-electron chi connectivity index (χ0n) is 11.8. The van der Waals surface area contributed by atoms with E-state index >= 15 is 0 Å². The van der Waals surface area contributed by atoms with E-state index in [1.54, 1.807) is 4.90 Å². The van der Waals surface area contributed by atoms with Crippen LogP contribution in [0.25, 0.3) is 0 Å². The minimum absolute atomic E-state index is 0.0800. The topological polar surface area (TPSA) is 35.6 Å². The molecule has 0 spiro atoms. The Morgan fingerprint density at radius 1 is 1.25 bits per heavy atom. The van der Waals surface area contributed by atoms with Gasteiger partial charge in [-0.3, -0.25) is 9.69 Å². The molecule has 7 heteroatoms. The number of halogens is 3. The van der Waals surface area contributed by atoms with E-state index in [0.29, 0.717) is 32.7 Å². The van der Waals surface area contributed by atoms with Crippen LogP contribution in [0.15, 0.2) is 0 Å². The van der Waals surface area contributed by atoms with Crippen LogP contribution in [0.5, 0.6) is 0 Å². The summed E-state index contributed by atoms with van der Waals surface area (Å²) in [5, 5.41) is 3.23. The average Bonchev–Trinajstić information content (AvgIpc) is 2.38. The predicted octanol–water partition coefficient (Wildman–Crippen LogP) is 1.08. The largest absolute Gasteiger partial charge is 0.401 e. The van der Waals surface area contributed by atoms with E-state index in [0.717, 1.165) is 19.4 Å². The summed E-state index contributed by atoms with van der Waals surface area (Å²) in [7, 11) is 0. The average molecular weight is 293 g/mol. The predicted molar refractivity (Wildman–Crippen MR) is 69.3 cm³/mol. The van der Waals surface area contributed by atoms with Gasteiger partial charge in [0.1, 0.15) is 0 Å². The number of amides is 1. The Morgan fingerprint density at radius 3 is 2.40 bits per heavy atom. The van der Waals surface area contributed by atoms with Crippen molar-refractivity contribution in [3.8, 4) is 0 Å². The van der Waals surface area contributed by atoms with Crippen molar-refractivity contribution in [2.24, 2.45) is 5.41 Å². The van der Waals surface area contributed by atoms with E-state index in [-0.39, 0.29) is 5.91 Å². The first-order valence-corrected chi connectivity index (χ1v) is 7.09.